The predicted octanol–water partition coefficient (Wildman–Crippen LogP) is 2.97. The van der Waals surface area contributed by atoms with Crippen molar-refractivity contribution >= 4 is 39.9 Å². The normalized spacial score (nSPS) is 12.5. The number of rotatable bonds is 5. The number of carbonyl (C=O) groups is 2. The Morgan fingerprint density at radius 1 is 1.19 bits per heavy atom. The van der Waals surface area contributed by atoms with Gasteiger partial charge in [-0.15, -0.1) is 0 Å². The van der Waals surface area contributed by atoms with E-state index in [1.54, 1.807) is 5.32 Å². The fourth-order valence-electron chi connectivity index (χ4n) is 2.73. The molecule has 0 radical (unpaired) electrons. The van der Waals surface area contributed by atoms with E-state index < -0.39 is 29.8 Å². The van der Waals surface area contributed by atoms with Gasteiger partial charge < -0.3 is 15.2 Å². The van der Waals surface area contributed by atoms with Crippen LogP contribution >= 0.6 is 12.2 Å². The summed E-state index contributed by atoms with van der Waals surface area (Å²) >= 11 is 5.27. The molecule has 0 aromatic heterocycles. The van der Waals surface area contributed by atoms with Crippen LogP contribution in [-0.2, 0) is 11.0 Å². The molecule has 6 nitrogen and oxygen atoms in total. The molecule has 0 aliphatic carbocycles. The van der Waals surface area contributed by atoms with Crippen LogP contribution in [0, 0.1) is 0 Å². The lowest BCUT2D eigenvalue weighted by atomic mass is 9.94. The van der Waals surface area contributed by atoms with Gasteiger partial charge in [-0.3, -0.25) is 10.1 Å². The smallest absolute Gasteiger partial charge is 0.420 e. The number of methoxy groups -OCH3 is 1. The molecule has 1 atom stereocenters. The Balaban J connectivity index is 2.65. The number of likely N-dealkylation sites (N-methyl/N-ethyl adjacent to an activating group) is 1. The van der Waals surface area contributed by atoms with Crippen molar-refractivity contribution < 1.29 is 32.6 Å². The molecule has 0 heterocycles. The molecule has 0 spiro atoms. The molecule has 0 aliphatic heterocycles. The highest BCUT2D eigenvalue weighted by Gasteiger charge is 2.37. The van der Waals surface area contributed by atoms with Gasteiger partial charge in [0.2, 0.25) is 0 Å². The first-order valence-corrected chi connectivity index (χ1v) is 7.94. The summed E-state index contributed by atoms with van der Waals surface area (Å²) in [4.78, 5) is 22.7. The Morgan fingerprint density at radius 3 is 2.37 bits per heavy atom. The maximum absolute atomic E-state index is 13.5. The number of imide groups is 1. The van der Waals surface area contributed by atoms with Crippen LogP contribution in [0.5, 0.6) is 5.75 Å². The SMILES string of the molecule is CNC(C(=O)NC(=O)O)C(=S)c1cccc2c(C(F)(F)F)c(OC)ccc12. The predicted molar refractivity (Wildman–Crippen MR) is 96.2 cm³/mol. The molecule has 2 amide bonds. The fourth-order valence-corrected chi connectivity index (χ4v) is 3.13. The zero-order valence-corrected chi connectivity index (χ0v) is 15.0. The average Bonchev–Trinajstić information content (AvgIpc) is 2.58. The molecule has 0 fully saturated rings. The lowest BCUT2D eigenvalue weighted by Gasteiger charge is -2.19. The number of amides is 2. The molecule has 0 bridgehead atoms. The lowest BCUT2D eigenvalue weighted by molar-refractivity contribution is -0.137. The van der Waals surface area contributed by atoms with E-state index in [-0.39, 0.29) is 26.9 Å². The van der Waals surface area contributed by atoms with Gasteiger partial charge in [-0.1, -0.05) is 36.5 Å². The number of thiocarbonyl (C=S) groups is 1. The van der Waals surface area contributed by atoms with Crippen molar-refractivity contribution in [1.82, 2.24) is 10.6 Å². The zero-order chi connectivity index (χ0) is 20.4. The van der Waals surface area contributed by atoms with Crippen molar-refractivity contribution in [2.24, 2.45) is 0 Å². The standard InChI is InChI=1S/C17H15F3N2O4S/c1-21-13(15(23)22-16(24)25)14(27)10-5-3-4-9-8(10)6-7-11(26-2)12(9)17(18,19)20/h3-7,13,21H,1-2H3,(H,22,23)(H,24,25). The minimum absolute atomic E-state index is 0.0415. The van der Waals surface area contributed by atoms with E-state index in [0.29, 0.717) is 0 Å². The molecular weight excluding hydrogens is 385 g/mol. The number of ether oxygens (including phenoxy) is 1. The summed E-state index contributed by atoms with van der Waals surface area (Å²) in [6.07, 6.45) is -6.24. The fraction of sp³-hybridized carbons (Fsp3) is 0.235. The molecule has 0 aliphatic rings. The van der Waals surface area contributed by atoms with Gasteiger partial charge in [-0.25, -0.2) is 4.79 Å². The Bertz CT molecular complexity index is 915. The number of hydrogen-bond acceptors (Lipinski definition) is 5. The first kappa shape index (κ1) is 20.6. The summed E-state index contributed by atoms with van der Waals surface area (Å²) in [6.45, 7) is 0. The van der Waals surface area contributed by atoms with Crippen molar-refractivity contribution in [2.45, 2.75) is 12.2 Å². The Morgan fingerprint density at radius 2 is 1.85 bits per heavy atom. The minimum atomic E-state index is -4.67. The molecule has 2 aromatic rings. The maximum atomic E-state index is 13.5. The van der Waals surface area contributed by atoms with Crippen LogP contribution in [0.4, 0.5) is 18.0 Å². The maximum Gasteiger partial charge on any atom is 0.420 e. The number of fused-ring (bicyclic) bond motifs is 1. The second kappa shape index (κ2) is 7.89. The van der Waals surface area contributed by atoms with Crippen LogP contribution in [0.15, 0.2) is 30.3 Å². The number of carboxylic acid groups (broad SMARTS) is 1. The van der Waals surface area contributed by atoms with Gasteiger partial charge in [0.25, 0.3) is 5.91 Å². The highest BCUT2D eigenvalue weighted by atomic mass is 32.1. The number of alkyl halides is 3. The third kappa shape index (κ3) is 4.17. The number of hydrogen-bond donors (Lipinski definition) is 3. The van der Waals surface area contributed by atoms with Crippen molar-refractivity contribution in [2.75, 3.05) is 14.2 Å². The average molecular weight is 400 g/mol. The Hall–Kier alpha value is -2.72. The highest BCUT2D eigenvalue weighted by molar-refractivity contribution is 7.81. The van der Waals surface area contributed by atoms with E-state index >= 15 is 0 Å². The molecule has 1 unspecified atom stereocenters. The third-order valence-corrected chi connectivity index (χ3v) is 4.29. The molecule has 0 saturated carbocycles. The zero-order valence-electron chi connectivity index (χ0n) is 14.2. The summed E-state index contributed by atoms with van der Waals surface area (Å²) < 4.78 is 45.5. The summed E-state index contributed by atoms with van der Waals surface area (Å²) in [7, 11) is 2.52. The topological polar surface area (TPSA) is 87.7 Å². The van der Waals surface area contributed by atoms with Gasteiger partial charge in [0.05, 0.1) is 7.11 Å². The van der Waals surface area contributed by atoms with Gasteiger partial charge in [0, 0.05) is 4.86 Å². The van der Waals surface area contributed by atoms with Gasteiger partial charge in [0.1, 0.15) is 17.4 Å². The van der Waals surface area contributed by atoms with Gasteiger partial charge in [-0.2, -0.15) is 13.2 Å². The van der Waals surface area contributed by atoms with Crippen LogP contribution in [0.3, 0.4) is 0 Å². The van der Waals surface area contributed by atoms with Crippen LogP contribution in [0.25, 0.3) is 10.8 Å². The molecule has 0 saturated heterocycles. The first-order valence-electron chi connectivity index (χ1n) is 7.54. The van der Waals surface area contributed by atoms with Crippen LogP contribution < -0.4 is 15.4 Å². The summed E-state index contributed by atoms with van der Waals surface area (Å²) in [5.74, 6) is -1.27. The monoisotopic (exact) mass is 400 g/mol. The minimum Gasteiger partial charge on any atom is -0.496 e. The van der Waals surface area contributed by atoms with Crippen molar-refractivity contribution in [3.63, 3.8) is 0 Å². The van der Waals surface area contributed by atoms with Crippen LogP contribution in [-0.4, -0.2) is 42.2 Å². The van der Waals surface area contributed by atoms with E-state index in [2.05, 4.69) is 5.32 Å². The molecular formula is C17H15F3N2O4S. The summed E-state index contributed by atoms with van der Waals surface area (Å²) in [5, 5.41) is 13.0. The van der Waals surface area contributed by atoms with Gasteiger partial charge in [-0.05, 0) is 29.4 Å². The van der Waals surface area contributed by atoms with E-state index in [4.69, 9.17) is 22.1 Å². The largest absolute Gasteiger partial charge is 0.496 e. The molecule has 10 heteroatoms. The van der Waals surface area contributed by atoms with Crippen LogP contribution in [0.2, 0.25) is 0 Å². The molecule has 27 heavy (non-hydrogen) atoms. The molecule has 144 valence electrons. The number of benzene rings is 2. The number of halogens is 3. The molecule has 2 aromatic carbocycles. The number of nitrogens with one attached hydrogen (secondary N) is 2. The quantitative estimate of drug-likeness (QED) is 0.528. The van der Waals surface area contributed by atoms with Crippen molar-refractivity contribution in [1.29, 1.82) is 0 Å². The Labute approximate surface area is 157 Å². The van der Waals surface area contributed by atoms with E-state index in [1.165, 1.54) is 37.4 Å². The molecule has 3 N–H and O–H groups in total. The summed E-state index contributed by atoms with van der Waals surface area (Å²) in [5.41, 5.74) is -0.751. The summed E-state index contributed by atoms with van der Waals surface area (Å²) in [6, 6.07) is 5.47. The van der Waals surface area contributed by atoms with E-state index in [9.17, 15) is 22.8 Å². The Kier molecular flexibility index (Phi) is 6.01. The lowest BCUT2D eigenvalue weighted by Crippen LogP contribution is -2.49. The van der Waals surface area contributed by atoms with Crippen LogP contribution in [0.1, 0.15) is 11.1 Å². The van der Waals surface area contributed by atoms with E-state index in [1.807, 2.05) is 0 Å². The van der Waals surface area contributed by atoms with Gasteiger partial charge in [0.15, 0.2) is 0 Å². The molecule has 2 rings (SSSR count). The van der Waals surface area contributed by atoms with Crippen molar-refractivity contribution in [3.8, 4) is 5.75 Å². The van der Waals surface area contributed by atoms with E-state index in [0.717, 1.165) is 7.11 Å². The van der Waals surface area contributed by atoms with Gasteiger partial charge >= 0.3 is 12.3 Å². The second-order valence-electron chi connectivity index (χ2n) is 5.42. The highest BCUT2D eigenvalue weighted by Crippen LogP contribution is 2.42. The third-order valence-electron chi connectivity index (χ3n) is 3.84. The first-order chi connectivity index (χ1) is 12.6. The van der Waals surface area contributed by atoms with Crippen molar-refractivity contribution in [3.05, 3.63) is 41.5 Å². The second-order valence-corrected chi connectivity index (χ2v) is 5.86. The number of carbonyl (C=O) groups excluding carboxylic acids is 1.